The summed E-state index contributed by atoms with van der Waals surface area (Å²) < 4.78 is 2.76. The van der Waals surface area contributed by atoms with Gasteiger partial charge in [0, 0.05) is 44.3 Å². The lowest BCUT2D eigenvalue weighted by molar-refractivity contribution is -0.484. The summed E-state index contributed by atoms with van der Waals surface area (Å²) in [5.74, 6) is -1.10. The predicted octanol–water partition coefficient (Wildman–Crippen LogP) is 7.49. The van der Waals surface area contributed by atoms with Crippen LogP contribution in [0.1, 0.15) is 28.2 Å². The Morgan fingerprint density at radius 2 is 1.65 bits per heavy atom. The number of halogens is 2. The molecule has 6 rings (SSSR count). The highest BCUT2D eigenvalue weighted by Gasteiger charge is 2.60. The molecule has 6 nitrogen and oxygen atoms in total. The van der Waals surface area contributed by atoms with Gasteiger partial charge in [0.2, 0.25) is 12.5 Å². The molecule has 5 aromatic rings. The summed E-state index contributed by atoms with van der Waals surface area (Å²) in [6.45, 7) is -0.154. The van der Waals surface area contributed by atoms with Gasteiger partial charge in [-0.25, -0.2) is 0 Å². The lowest BCUT2D eigenvalue weighted by atomic mass is 9.64. The first-order chi connectivity index (χ1) is 19.3. The molecule has 0 N–H and O–H groups in total. The molecule has 1 amide bonds. The first kappa shape index (κ1) is 26.3. The smallest absolute Gasteiger partial charge is 0.243 e. The second-order valence-corrected chi connectivity index (χ2v) is 11.4. The molecule has 0 spiro atoms. The third-order valence-corrected chi connectivity index (χ3v) is 8.73. The normalized spacial score (nSPS) is 17.3. The topological polar surface area (TPSA) is 68.4 Å². The summed E-state index contributed by atoms with van der Waals surface area (Å²) in [7, 11) is 1.93. The average molecular weight is 615 g/mol. The number of benzene rings is 4. The van der Waals surface area contributed by atoms with Crippen LogP contribution in [0.3, 0.4) is 0 Å². The molecule has 1 aliphatic heterocycles. The zero-order chi connectivity index (χ0) is 28.0. The largest absolute Gasteiger partial charge is 0.350 e. The molecule has 0 fully saturated rings. The maximum absolute atomic E-state index is 15.2. The molecule has 2 atom stereocenters. The Balaban J connectivity index is 1.73. The second kappa shape index (κ2) is 10.2. The van der Waals surface area contributed by atoms with Crippen LogP contribution in [0.15, 0.2) is 108 Å². The molecule has 40 heavy (non-hydrogen) atoms. The number of nitro groups is 1. The summed E-state index contributed by atoms with van der Waals surface area (Å²) in [6, 6.07) is 30.5. The lowest BCUT2D eigenvalue weighted by Gasteiger charge is -2.36. The first-order valence-electron chi connectivity index (χ1n) is 12.9. The molecule has 200 valence electrons. The van der Waals surface area contributed by atoms with Crippen LogP contribution in [0.4, 0.5) is 5.69 Å². The average Bonchev–Trinajstić information content (AvgIpc) is 3.40. The van der Waals surface area contributed by atoms with Crippen molar-refractivity contribution in [1.29, 1.82) is 0 Å². The SMILES string of the molecule is Cn1cc([C@@]2([C@H](C[N+](=O)[O-])c3ccccc3Cl)C(=O)N(Cc3ccccc3)c3ccc(Br)cc32)c2ccccc21. The van der Waals surface area contributed by atoms with Gasteiger partial charge in [-0.15, -0.1) is 0 Å². The van der Waals surface area contributed by atoms with E-state index in [9.17, 15) is 10.1 Å². The van der Waals surface area contributed by atoms with Crippen molar-refractivity contribution >= 4 is 50.0 Å². The van der Waals surface area contributed by atoms with Crippen LogP contribution in [-0.4, -0.2) is 21.9 Å². The molecule has 0 saturated carbocycles. The molecule has 4 aromatic carbocycles. The molecule has 1 aromatic heterocycles. The van der Waals surface area contributed by atoms with E-state index in [0.717, 1.165) is 32.2 Å². The van der Waals surface area contributed by atoms with Crippen molar-refractivity contribution in [2.45, 2.75) is 17.9 Å². The summed E-state index contributed by atoms with van der Waals surface area (Å²) in [5.41, 5.74) is 3.19. The molecule has 2 heterocycles. The number of carbonyl (C=O) groups excluding carboxylic acids is 1. The summed E-state index contributed by atoms with van der Waals surface area (Å²) >= 11 is 10.4. The molecule has 1 aliphatic rings. The zero-order valence-electron chi connectivity index (χ0n) is 21.6. The number of para-hydroxylation sites is 1. The minimum Gasteiger partial charge on any atom is -0.350 e. The number of fused-ring (bicyclic) bond motifs is 2. The Labute approximate surface area is 245 Å². The third-order valence-electron chi connectivity index (χ3n) is 7.90. The van der Waals surface area contributed by atoms with Crippen molar-refractivity contribution in [3.63, 3.8) is 0 Å². The molecule has 0 unspecified atom stereocenters. The molecule has 0 aliphatic carbocycles. The summed E-state index contributed by atoms with van der Waals surface area (Å²) in [6.07, 6.45) is 1.95. The quantitative estimate of drug-likeness (QED) is 0.141. The van der Waals surface area contributed by atoms with Crippen molar-refractivity contribution in [2.75, 3.05) is 11.4 Å². The van der Waals surface area contributed by atoms with Crippen LogP contribution >= 0.6 is 27.5 Å². The molecule has 0 bridgehead atoms. The van der Waals surface area contributed by atoms with Crippen molar-refractivity contribution in [3.05, 3.63) is 145 Å². The molecule has 0 saturated heterocycles. The van der Waals surface area contributed by atoms with E-state index >= 15 is 4.79 Å². The van der Waals surface area contributed by atoms with Crippen molar-refractivity contribution in [3.8, 4) is 0 Å². The van der Waals surface area contributed by atoms with E-state index in [2.05, 4.69) is 15.9 Å². The van der Waals surface area contributed by atoms with E-state index in [-0.39, 0.29) is 10.8 Å². The van der Waals surface area contributed by atoms with Gasteiger partial charge in [0.05, 0.1) is 12.5 Å². The van der Waals surface area contributed by atoms with E-state index in [1.807, 2.05) is 96.7 Å². The number of rotatable bonds is 7. The predicted molar refractivity (Wildman–Crippen MR) is 162 cm³/mol. The fourth-order valence-electron chi connectivity index (χ4n) is 6.24. The summed E-state index contributed by atoms with van der Waals surface area (Å²) in [5, 5.41) is 13.6. The fourth-order valence-corrected chi connectivity index (χ4v) is 6.86. The van der Waals surface area contributed by atoms with E-state index in [1.54, 1.807) is 23.1 Å². The number of hydrogen-bond donors (Lipinski definition) is 0. The van der Waals surface area contributed by atoms with Gasteiger partial charge in [-0.2, -0.15) is 0 Å². The van der Waals surface area contributed by atoms with Crippen LogP contribution < -0.4 is 4.90 Å². The van der Waals surface area contributed by atoms with Gasteiger partial charge in [-0.1, -0.05) is 94.3 Å². The zero-order valence-corrected chi connectivity index (χ0v) is 24.0. The molecule has 0 radical (unpaired) electrons. The van der Waals surface area contributed by atoms with Gasteiger partial charge in [0.1, 0.15) is 5.41 Å². The number of anilines is 1. The van der Waals surface area contributed by atoms with Crippen LogP contribution in [0, 0.1) is 10.1 Å². The number of amides is 1. The Morgan fingerprint density at radius 3 is 2.40 bits per heavy atom. The Hall–Kier alpha value is -3.94. The third kappa shape index (κ3) is 4.12. The van der Waals surface area contributed by atoms with Gasteiger partial charge < -0.3 is 9.47 Å². The standard InChI is InChI=1S/C32H25BrClN3O3/c1-35-19-26(24-12-6-8-14-29(24)35)32(27(20-37(39)40)23-11-5-7-13-28(23)34)25-17-22(33)15-16-30(25)36(31(32)38)18-21-9-3-2-4-10-21/h2-17,19,27H,18,20H2,1H3/t27-,32+/m1/s1. The summed E-state index contributed by atoms with van der Waals surface area (Å²) in [4.78, 5) is 29.0. The van der Waals surface area contributed by atoms with E-state index in [1.165, 1.54) is 0 Å². The monoisotopic (exact) mass is 613 g/mol. The fraction of sp³-hybridized carbons (Fsp3) is 0.156. The Bertz CT molecular complexity index is 1770. The van der Waals surface area contributed by atoms with Crippen molar-refractivity contribution in [2.24, 2.45) is 7.05 Å². The van der Waals surface area contributed by atoms with Crippen molar-refractivity contribution < 1.29 is 9.72 Å². The lowest BCUT2D eigenvalue weighted by Crippen LogP contribution is -2.47. The highest BCUT2D eigenvalue weighted by atomic mass is 79.9. The number of carbonyl (C=O) groups is 1. The molecular formula is C32H25BrClN3O3. The van der Waals surface area contributed by atoms with Gasteiger partial charge in [0.25, 0.3) is 0 Å². The van der Waals surface area contributed by atoms with Crippen LogP contribution in [0.25, 0.3) is 10.9 Å². The van der Waals surface area contributed by atoms with Crippen LogP contribution in [0.2, 0.25) is 5.02 Å². The molecular weight excluding hydrogens is 590 g/mol. The van der Waals surface area contributed by atoms with Gasteiger partial charge >= 0.3 is 0 Å². The minimum absolute atomic E-state index is 0.215. The van der Waals surface area contributed by atoms with Crippen molar-refractivity contribution in [1.82, 2.24) is 4.57 Å². The van der Waals surface area contributed by atoms with Gasteiger partial charge in [-0.3, -0.25) is 14.9 Å². The van der Waals surface area contributed by atoms with Gasteiger partial charge in [-0.05, 0) is 52.6 Å². The maximum Gasteiger partial charge on any atom is 0.243 e. The number of aromatic nitrogens is 1. The molecule has 8 heteroatoms. The van der Waals surface area contributed by atoms with Crippen LogP contribution in [0.5, 0.6) is 0 Å². The van der Waals surface area contributed by atoms with E-state index in [0.29, 0.717) is 22.7 Å². The Kier molecular flexibility index (Phi) is 6.72. The van der Waals surface area contributed by atoms with Gasteiger partial charge in [0.15, 0.2) is 0 Å². The van der Waals surface area contributed by atoms with Crippen LogP contribution in [-0.2, 0) is 23.8 Å². The number of nitrogens with zero attached hydrogens (tertiary/aromatic N) is 3. The highest BCUT2D eigenvalue weighted by molar-refractivity contribution is 9.10. The number of hydrogen-bond acceptors (Lipinski definition) is 3. The number of aryl methyl sites for hydroxylation is 1. The minimum atomic E-state index is -1.42. The first-order valence-corrected chi connectivity index (χ1v) is 14.1. The van der Waals surface area contributed by atoms with E-state index < -0.39 is 17.9 Å². The van der Waals surface area contributed by atoms with E-state index in [4.69, 9.17) is 11.6 Å². The highest BCUT2D eigenvalue weighted by Crippen LogP contribution is 2.57. The maximum atomic E-state index is 15.2. The second-order valence-electron chi connectivity index (χ2n) is 10.1. The Morgan fingerprint density at radius 1 is 0.950 bits per heavy atom.